The largest absolute Gasteiger partial charge is 0.462 e. The van der Waals surface area contributed by atoms with Gasteiger partial charge in [-0.3, -0.25) is 9.36 Å². The summed E-state index contributed by atoms with van der Waals surface area (Å²) in [6, 6.07) is 8.65. The molecule has 3 N–H and O–H groups in total. The summed E-state index contributed by atoms with van der Waals surface area (Å²) in [7, 11) is 0. The lowest BCUT2D eigenvalue weighted by Gasteiger charge is -2.15. The standard InChI is InChI=1S/C24H30N6O4S/c1-3-30-21(31)20(35-22(30)19(15-25)23(32)34-4-2)16-27-17-7-9-18(10-8-17)28-24(33)26-11-14-29-12-5-6-13-29/h7-10,16,27H,3-6,11-14H2,1-2H3,(H2,26,28,33)/b20-16?,22-19-. The zero-order valence-electron chi connectivity index (χ0n) is 19.9. The first-order chi connectivity index (χ1) is 17.0. The van der Waals surface area contributed by atoms with Gasteiger partial charge in [0, 0.05) is 37.2 Å². The maximum atomic E-state index is 12.8. The Hall–Kier alpha value is -3.62. The zero-order valence-corrected chi connectivity index (χ0v) is 20.7. The average molecular weight is 499 g/mol. The van der Waals surface area contributed by atoms with E-state index in [1.165, 1.54) is 23.6 Å². The highest BCUT2D eigenvalue weighted by atomic mass is 32.1. The number of anilines is 2. The second-order valence-electron chi connectivity index (χ2n) is 7.82. The minimum atomic E-state index is -0.749. The van der Waals surface area contributed by atoms with Crippen LogP contribution < -0.4 is 30.7 Å². The molecule has 11 heteroatoms. The van der Waals surface area contributed by atoms with E-state index in [9.17, 15) is 19.6 Å². The average Bonchev–Trinajstić information content (AvgIpc) is 3.47. The number of esters is 1. The Morgan fingerprint density at radius 2 is 1.86 bits per heavy atom. The van der Waals surface area contributed by atoms with Crippen LogP contribution in [0, 0.1) is 11.3 Å². The van der Waals surface area contributed by atoms with Crippen molar-refractivity contribution >= 4 is 46.5 Å². The van der Waals surface area contributed by atoms with Crippen LogP contribution in [0.25, 0.3) is 11.8 Å². The van der Waals surface area contributed by atoms with Crippen LogP contribution in [0.15, 0.2) is 29.1 Å². The molecule has 0 unspecified atom stereocenters. The number of nitrogens with zero attached hydrogens (tertiary/aromatic N) is 3. The highest BCUT2D eigenvalue weighted by Crippen LogP contribution is 2.13. The normalized spacial score (nSPS) is 14.8. The van der Waals surface area contributed by atoms with E-state index < -0.39 is 5.97 Å². The number of carbonyl (C=O) groups excluding carboxylic acids is 2. The molecule has 2 aromatic rings. The van der Waals surface area contributed by atoms with Gasteiger partial charge < -0.3 is 25.6 Å². The maximum Gasteiger partial charge on any atom is 0.351 e. The van der Waals surface area contributed by atoms with E-state index in [-0.39, 0.29) is 28.4 Å². The number of carbonyl (C=O) groups is 2. The van der Waals surface area contributed by atoms with Gasteiger partial charge in [-0.1, -0.05) is 0 Å². The summed E-state index contributed by atoms with van der Waals surface area (Å²) in [6.07, 6.45) is 3.98. The van der Waals surface area contributed by atoms with Gasteiger partial charge in [-0.25, -0.2) is 9.59 Å². The molecule has 2 heterocycles. The molecule has 0 radical (unpaired) electrons. The molecule has 1 aromatic carbocycles. The van der Waals surface area contributed by atoms with Gasteiger partial charge in [0.1, 0.15) is 15.3 Å². The van der Waals surface area contributed by atoms with E-state index in [1.54, 1.807) is 38.1 Å². The van der Waals surface area contributed by atoms with Gasteiger partial charge in [-0.2, -0.15) is 5.26 Å². The molecule has 1 saturated heterocycles. The van der Waals surface area contributed by atoms with Gasteiger partial charge in [0.05, 0.1) is 6.61 Å². The van der Waals surface area contributed by atoms with Crippen molar-refractivity contribution in [3.63, 3.8) is 0 Å². The van der Waals surface area contributed by atoms with Crippen LogP contribution in [0.1, 0.15) is 26.7 Å². The summed E-state index contributed by atoms with van der Waals surface area (Å²) in [6.45, 7) is 7.50. The lowest BCUT2D eigenvalue weighted by atomic mass is 10.3. The first-order valence-corrected chi connectivity index (χ1v) is 12.4. The number of ether oxygens (including phenoxy) is 1. The number of nitriles is 1. The van der Waals surface area contributed by atoms with E-state index in [1.807, 2.05) is 6.07 Å². The quantitative estimate of drug-likeness (QED) is 0.444. The fraction of sp³-hybridized carbons (Fsp3) is 0.417. The molecule has 1 aromatic heterocycles. The van der Waals surface area contributed by atoms with E-state index in [4.69, 9.17) is 4.74 Å². The van der Waals surface area contributed by atoms with Crippen molar-refractivity contribution in [3.8, 4) is 6.07 Å². The van der Waals surface area contributed by atoms with Crippen molar-refractivity contribution in [1.82, 2.24) is 14.8 Å². The molecule has 1 aliphatic heterocycles. The van der Waals surface area contributed by atoms with Crippen molar-refractivity contribution in [3.05, 3.63) is 43.8 Å². The monoisotopic (exact) mass is 498 g/mol. The highest BCUT2D eigenvalue weighted by Gasteiger charge is 2.16. The van der Waals surface area contributed by atoms with Gasteiger partial charge >= 0.3 is 12.0 Å². The summed E-state index contributed by atoms with van der Waals surface area (Å²) in [5.41, 5.74) is 0.853. The first-order valence-electron chi connectivity index (χ1n) is 11.6. The number of nitrogens with one attached hydrogen (secondary N) is 3. The van der Waals surface area contributed by atoms with Crippen LogP contribution in [-0.2, 0) is 16.1 Å². The van der Waals surface area contributed by atoms with Crippen molar-refractivity contribution in [1.29, 1.82) is 5.26 Å². The molecule has 186 valence electrons. The minimum absolute atomic E-state index is 0.136. The number of hydrogen-bond acceptors (Lipinski definition) is 8. The number of thiazole rings is 1. The van der Waals surface area contributed by atoms with Crippen molar-refractivity contribution in [2.45, 2.75) is 33.2 Å². The highest BCUT2D eigenvalue weighted by molar-refractivity contribution is 7.07. The number of aromatic nitrogens is 1. The number of hydrogen-bond donors (Lipinski definition) is 3. The Balaban J connectivity index is 1.66. The Labute approximate surface area is 207 Å². The number of urea groups is 1. The molecular weight excluding hydrogens is 468 g/mol. The van der Waals surface area contributed by atoms with Gasteiger partial charge in [0.25, 0.3) is 5.56 Å². The lowest BCUT2D eigenvalue weighted by molar-refractivity contribution is -0.136. The van der Waals surface area contributed by atoms with Crippen molar-refractivity contribution in [2.75, 3.05) is 43.4 Å². The van der Waals surface area contributed by atoms with E-state index in [0.717, 1.165) is 31.0 Å². The summed E-state index contributed by atoms with van der Waals surface area (Å²) in [5.74, 6) is -0.749. The second kappa shape index (κ2) is 12.7. The fourth-order valence-corrected chi connectivity index (χ4v) is 4.76. The van der Waals surface area contributed by atoms with Crippen molar-refractivity contribution in [2.24, 2.45) is 0 Å². The number of benzene rings is 1. The zero-order chi connectivity index (χ0) is 25.2. The van der Waals surface area contributed by atoms with Gasteiger partial charge in [0.2, 0.25) is 0 Å². The molecule has 2 amide bonds. The lowest BCUT2D eigenvalue weighted by Crippen LogP contribution is -2.35. The predicted molar refractivity (Wildman–Crippen MR) is 136 cm³/mol. The van der Waals surface area contributed by atoms with Crippen LogP contribution in [0.4, 0.5) is 16.2 Å². The third-order valence-corrected chi connectivity index (χ3v) is 6.58. The van der Waals surface area contributed by atoms with Crippen LogP contribution >= 0.6 is 11.3 Å². The molecule has 35 heavy (non-hydrogen) atoms. The Kier molecular flexibility index (Phi) is 9.46. The van der Waals surface area contributed by atoms with Gasteiger partial charge in [-0.05, 0) is 64.0 Å². The topological polar surface area (TPSA) is 128 Å². The molecule has 1 aliphatic rings. The molecule has 10 nitrogen and oxygen atoms in total. The van der Waals surface area contributed by atoms with Gasteiger partial charge in [-0.15, -0.1) is 11.3 Å². The van der Waals surface area contributed by atoms with Crippen LogP contribution in [-0.4, -0.2) is 54.3 Å². The second-order valence-corrected chi connectivity index (χ2v) is 8.85. The molecule has 0 atom stereocenters. The summed E-state index contributed by atoms with van der Waals surface area (Å²) in [5, 5.41) is 18.1. The van der Waals surface area contributed by atoms with E-state index in [0.29, 0.717) is 29.0 Å². The molecule has 1 fully saturated rings. The molecular formula is C24H30N6O4S. The summed E-state index contributed by atoms with van der Waals surface area (Å²) in [4.78, 5) is 39.3. The number of amides is 2. The van der Waals surface area contributed by atoms with Crippen LogP contribution in [0.2, 0.25) is 0 Å². The molecule has 0 aliphatic carbocycles. The number of likely N-dealkylation sites (tertiary alicyclic amines) is 1. The maximum absolute atomic E-state index is 12.8. The third kappa shape index (κ3) is 6.94. The summed E-state index contributed by atoms with van der Waals surface area (Å²) >= 11 is 1.05. The van der Waals surface area contributed by atoms with Crippen LogP contribution in [0.3, 0.4) is 0 Å². The third-order valence-electron chi connectivity index (χ3n) is 5.45. The number of rotatable bonds is 9. The van der Waals surface area contributed by atoms with E-state index in [2.05, 4.69) is 20.9 Å². The SMILES string of the molecule is CCOC(=O)/C(C#N)=c1\sc(=CNc2ccc(NC(=O)NCCN3CCCC3)cc2)c(=O)n1CC. The first kappa shape index (κ1) is 26.0. The van der Waals surface area contributed by atoms with E-state index >= 15 is 0 Å². The van der Waals surface area contributed by atoms with Crippen LogP contribution in [0.5, 0.6) is 0 Å². The molecule has 0 spiro atoms. The summed E-state index contributed by atoms with van der Waals surface area (Å²) < 4.78 is 6.93. The molecule has 3 rings (SSSR count). The smallest absolute Gasteiger partial charge is 0.351 e. The molecule has 0 saturated carbocycles. The van der Waals surface area contributed by atoms with Crippen molar-refractivity contribution < 1.29 is 14.3 Å². The fourth-order valence-electron chi connectivity index (χ4n) is 3.68. The minimum Gasteiger partial charge on any atom is -0.462 e. The Bertz CT molecular complexity index is 1250. The Morgan fingerprint density at radius 3 is 2.49 bits per heavy atom. The predicted octanol–water partition coefficient (Wildman–Crippen LogP) is 1.23. The molecule has 0 bridgehead atoms. The van der Waals surface area contributed by atoms with Gasteiger partial charge in [0.15, 0.2) is 5.57 Å². The Morgan fingerprint density at radius 1 is 1.17 bits per heavy atom.